The first-order valence-corrected chi connectivity index (χ1v) is 13.1. The highest BCUT2D eigenvalue weighted by Crippen LogP contribution is 2.27. The monoisotopic (exact) mass is 544 g/mol. The molecule has 0 aliphatic carbocycles. The molecule has 0 aliphatic heterocycles. The number of benzene rings is 3. The minimum atomic E-state index is -0.845. The van der Waals surface area contributed by atoms with Crippen molar-refractivity contribution in [2.24, 2.45) is 5.92 Å². The van der Waals surface area contributed by atoms with Crippen molar-refractivity contribution in [3.63, 3.8) is 0 Å². The maximum absolute atomic E-state index is 11.1. The zero-order chi connectivity index (χ0) is 26.7. The zero-order valence-corrected chi connectivity index (χ0v) is 23.4. The quantitative estimate of drug-likeness (QED) is 0.201. The Morgan fingerprint density at radius 3 is 2.13 bits per heavy atom. The van der Waals surface area contributed by atoms with E-state index in [1.807, 2.05) is 37.3 Å². The minimum absolute atomic E-state index is 0. The molecule has 0 bridgehead atoms. The Balaban J connectivity index is 0.00000420. The number of aryl methyl sites for hydroxylation is 1. The van der Waals surface area contributed by atoms with Gasteiger partial charge in [0, 0.05) is 37.2 Å². The molecule has 4 rings (SSSR count). The Hall–Kier alpha value is -3.67. The lowest BCUT2D eigenvalue weighted by Crippen LogP contribution is -2.34. The fourth-order valence-electron chi connectivity index (χ4n) is 4.80. The number of pyridine rings is 1. The van der Waals surface area contributed by atoms with Crippen LogP contribution in [-0.4, -0.2) is 40.7 Å². The Labute approximate surface area is 237 Å². The third-order valence-corrected chi connectivity index (χ3v) is 6.53. The lowest BCUT2D eigenvalue weighted by Gasteiger charge is -2.30. The molecule has 0 radical (unpaired) electrons. The molecule has 3 aromatic carbocycles. The average Bonchev–Trinajstić information content (AvgIpc) is 2.91. The number of halogens is 1. The van der Waals surface area contributed by atoms with Gasteiger partial charge in [0.2, 0.25) is 0 Å². The summed E-state index contributed by atoms with van der Waals surface area (Å²) in [5, 5.41) is 9.10. The molecule has 4 aromatic rings. The molecule has 5 nitrogen and oxygen atoms in total. The Kier molecular flexibility index (Phi) is 11.5. The molecule has 1 aromatic heterocycles. The molecule has 1 atom stereocenters. The third kappa shape index (κ3) is 9.54. The highest BCUT2D eigenvalue weighted by atomic mass is 35.5. The number of carbonyl (C=O) groups is 1. The van der Waals surface area contributed by atoms with Crippen LogP contribution in [0.3, 0.4) is 0 Å². The molecule has 0 fully saturated rings. The number of aliphatic carboxylic acids is 1. The highest BCUT2D eigenvalue weighted by Gasteiger charge is 2.21. The van der Waals surface area contributed by atoms with Gasteiger partial charge >= 0.3 is 5.97 Å². The lowest BCUT2D eigenvalue weighted by molar-refractivity contribution is -0.136. The number of aromatic nitrogens is 1. The maximum atomic E-state index is 11.1. The summed E-state index contributed by atoms with van der Waals surface area (Å²) in [6.07, 6.45) is -0.00954. The van der Waals surface area contributed by atoms with E-state index in [9.17, 15) is 4.79 Å². The van der Waals surface area contributed by atoms with Crippen LogP contribution >= 0.6 is 12.4 Å². The van der Waals surface area contributed by atoms with Gasteiger partial charge in [0.15, 0.2) is 0 Å². The number of rotatable bonds is 13. The van der Waals surface area contributed by atoms with E-state index in [4.69, 9.17) is 14.8 Å². The smallest absolute Gasteiger partial charge is 0.307 e. The van der Waals surface area contributed by atoms with Crippen molar-refractivity contribution in [3.05, 3.63) is 131 Å². The van der Waals surface area contributed by atoms with Crippen LogP contribution in [0.25, 0.3) is 0 Å². The van der Waals surface area contributed by atoms with Gasteiger partial charge in [-0.1, -0.05) is 85.8 Å². The van der Waals surface area contributed by atoms with Crippen LogP contribution in [0.1, 0.15) is 40.9 Å². The van der Waals surface area contributed by atoms with Gasteiger partial charge in [-0.25, -0.2) is 0 Å². The van der Waals surface area contributed by atoms with Crippen LogP contribution in [0.2, 0.25) is 0 Å². The SMILES string of the molecule is Cc1cccc(CN(CC(c2ccccc2)c2ccccc2)C[C@@H](C)COc2cccc(CC(=O)O)c2)n1.Cl. The highest BCUT2D eigenvalue weighted by molar-refractivity contribution is 5.85. The van der Waals surface area contributed by atoms with Crippen LogP contribution < -0.4 is 4.74 Å². The van der Waals surface area contributed by atoms with Crippen molar-refractivity contribution < 1.29 is 14.6 Å². The van der Waals surface area contributed by atoms with Gasteiger partial charge in [-0.2, -0.15) is 0 Å². The average molecular weight is 545 g/mol. The molecule has 0 saturated heterocycles. The van der Waals surface area contributed by atoms with Gasteiger partial charge in [0.25, 0.3) is 0 Å². The number of carboxylic acid groups (broad SMARTS) is 1. The van der Waals surface area contributed by atoms with E-state index in [1.54, 1.807) is 0 Å². The largest absolute Gasteiger partial charge is 0.493 e. The molecule has 204 valence electrons. The van der Waals surface area contributed by atoms with E-state index in [0.717, 1.165) is 36.6 Å². The molecule has 0 amide bonds. The van der Waals surface area contributed by atoms with E-state index in [1.165, 1.54) is 11.1 Å². The molecule has 0 saturated carbocycles. The summed E-state index contributed by atoms with van der Waals surface area (Å²) in [7, 11) is 0. The standard InChI is InChI=1S/C33H36N2O3.ClH/c1-25(24-38-31-18-10-12-27(19-31)20-33(36)37)21-35(22-30-17-9-11-26(2)34-30)23-32(28-13-5-3-6-14-28)29-15-7-4-8-16-29;/h3-19,25,32H,20-24H2,1-2H3,(H,36,37);1H/t25-;/m1./s1. The topological polar surface area (TPSA) is 62.7 Å². The van der Waals surface area contributed by atoms with Gasteiger partial charge in [-0.05, 0) is 47.9 Å². The number of hydrogen-bond acceptors (Lipinski definition) is 4. The van der Waals surface area contributed by atoms with E-state index < -0.39 is 5.97 Å². The van der Waals surface area contributed by atoms with Crippen molar-refractivity contribution in [2.45, 2.75) is 32.7 Å². The predicted octanol–water partition coefficient (Wildman–Crippen LogP) is 6.79. The molecule has 1 heterocycles. The summed E-state index contributed by atoms with van der Waals surface area (Å²) in [5.41, 5.74) is 5.39. The first kappa shape index (κ1) is 29.9. The predicted molar refractivity (Wildman–Crippen MR) is 159 cm³/mol. The zero-order valence-electron chi connectivity index (χ0n) is 22.6. The fraction of sp³-hybridized carbons (Fsp3) is 0.273. The lowest BCUT2D eigenvalue weighted by atomic mass is 9.90. The van der Waals surface area contributed by atoms with Gasteiger partial charge in [0.1, 0.15) is 5.75 Å². The Morgan fingerprint density at radius 2 is 1.51 bits per heavy atom. The van der Waals surface area contributed by atoms with Crippen LogP contribution in [-0.2, 0) is 17.8 Å². The van der Waals surface area contributed by atoms with Gasteiger partial charge in [-0.15, -0.1) is 12.4 Å². The second kappa shape index (κ2) is 15.1. The molecule has 39 heavy (non-hydrogen) atoms. The maximum Gasteiger partial charge on any atom is 0.307 e. The number of nitrogens with zero attached hydrogens (tertiary/aromatic N) is 2. The molecule has 1 N–H and O–H groups in total. The Bertz CT molecular complexity index is 1260. The Morgan fingerprint density at radius 1 is 0.872 bits per heavy atom. The molecule has 0 aliphatic rings. The number of hydrogen-bond donors (Lipinski definition) is 1. The van der Waals surface area contributed by atoms with Crippen LogP contribution in [0.5, 0.6) is 5.75 Å². The van der Waals surface area contributed by atoms with E-state index in [-0.39, 0.29) is 30.7 Å². The van der Waals surface area contributed by atoms with Gasteiger partial charge < -0.3 is 9.84 Å². The molecule has 0 unspecified atom stereocenters. The van der Waals surface area contributed by atoms with E-state index in [0.29, 0.717) is 12.4 Å². The summed E-state index contributed by atoms with van der Waals surface area (Å²) >= 11 is 0. The van der Waals surface area contributed by atoms with Crippen molar-refractivity contribution in [2.75, 3.05) is 19.7 Å². The van der Waals surface area contributed by atoms with E-state index in [2.05, 4.69) is 84.6 Å². The van der Waals surface area contributed by atoms with Crippen molar-refractivity contribution >= 4 is 18.4 Å². The van der Waals surface area contributed by atoms with Crippen LogP contribution in [0.4, 0.5) is 0 Å². The van der Waals surface area contributed by atoms with Gasteiger partial charge in [-0.3, -0.25) is 14.7 Å². The number of ether oxygens (including phenoxy) is 1. The summed E-state index contributed by atoms with van der Waals surface area (Å²) < 4.78 is 6.10. The van der Waals surface area contributed by atoms with Crippen molar-refractivity contribution in [1.82, 2.24) is 9.88 Å². The first-order chi connectivity index (χ1) is 18.5. The van der Waals surface area contributed by atoms with Crippen molar-refractivity contribution in [3.8, 4) is 5.75 Å². The summed E-state index contributed by atoms with van der Waals surface area (Å²) in [5.74, 6) is 0.328. The molecular formula is C33H37ClN2O3. The summed E-state index contributed by atoms with van der Waals surface area (Å²) in [4.78, 5) is 18.3. The summed E-state index contributed by atoms with van der Waals surface area (Å²) in [6, 6.07) is 34.9. The molecule has 0 spiro atoms. The molecular weight excluding hydrogens is 508 g/mol. The fourth-order valence-corrected chi connectivity index (χ4v) is 4.80. The first-order valence-electron chi connectivity index (χ1n) is 13.1. The third-order valence-electron chi connectivity index (χ3n) is 6.53. The molecule has 6 heteroatoms. The normalized spacial score (nSPS) is 11.7. The summed E-state index contributed by atoms with van der Waals surface area (Å²) in [6.45, 7) is 7.19. The van der Waals surface area contributed by atoms with Gasteiger partial charge in [0.05, 0.1) is 18.7 Å². The van der Waals surface area contributed by atoms with Crippen LogP contribution in [0, 0.1) is 12.8 Å². The second-order valence-corrected chi connectivity index (χ2v) is 9.97. The minimum Gasteiger partial charge on any atom is -0.493 e. The second-order valence-electron chi connectivity index (χ2n) is 9.97. The van der Waals surface area contributed by atoms with Crippen molar-refractivity contribution in [1.29, 1.82) is 0 Å². The van der Waals surface area contributed by atoms with E-state index >= 15 is 0 Å². The number of carboxylic acids is 1. The van der Waals surface area contributed by atoms with Crippen LogP contribution in [0.15, 0.2) is 103 Å².